The lowest BCUT2D eigenvalue weighted by Crippen LogP contribution is -2.22. The molecule has 15 heavy (non-hydrogen) atoms. The van der Waals surface area contributed by atoms with Gasteiger partial charge in [0.05, 0.1) is 18.1 Å². The third kappa shape index (κ3) is 4.70. The predicted octanol–water partition coefficient (Wildman–Crippen LogP) is 1.85. The normalized spacial score (nSPS) is 8.93. The van der Waals surface area contributed by atoms with Gasteiger partial charge in [0.25, 0.3) is 0 Å². The number of guanidine groups is 1. The van der Waals surface area contributed by atoms with Gasteiger partial charge in [-0.15, -0.1) is 24.0 Å². The summed E-state index contributed by atoms with van der Waals surface area (Å²) in [5, 5.41) is 0. The number of hydrogen-bond donors (Lipinski definition) is 2. The van der Waals surface area contributed by atoms with Crippen LogP contribution in [0.25, 0.3) is 0 Å². The molecular weight excluding hydrogens is 373 g/mol. The van der Waals surface area contributed by atoms with E-state index in [4.69, 9.17) is 16.2 Å². The summed E-state index contributed by atoms with van der Waals surface area (Å²) < 4.78 is 5.99. The number of benzene rings is 1. The molecule has 1 aromatic carbocycles. The van der Waals surface area contributed by atoms with Crippen LogP contribution in [0.4, 0.5) is 0 Å². The maximum atomic E-state index is 5.23. The van der Waals surface area contributed by atoms with Crippen LogP contribution >= 0.6 is 39.9 Å². The van der Waals surface area contributed by atoms with Gasteiger partial charge < -0.3 is 16.2 Å². The lowest BCUT2D eigenvalue weighted by Gasteiger charge is -2.04. The molecule has 0 unspecified atom stereocenters. The average Bonchev–Trinajstić information content (AvgIpc) is 2.15. The van der Waals surface area contributed by atoms with Crippen LogP contribution in [-0.4, -0.2) is 13.1 Å². The largest absolute Gasteiger partial charge is 0.496 e. The Kier molecular flexibility index (Phi) is 6.66. The molecule has 0 heterocycles. The lowest BCUT2D eigenvalue weighted by atomic mass is 10.2. The number of nitrogens with zero attached hydrogens (tertiary/aromatic N) is 1. The molecule has 0 bridgehead atoms. The summed E-state index contributed by atoms with van der Waals surface area (Å²) in [6.45, 7) is 0.477. The summed E-state index contributed by atoms with van der Waals surface area (Å²) in [6, 6.07) is 5.70. The first-order valence-corrected chi connectivity index (χ1v) is 4.80. The van der Waals surface area contributed by atoms with Crippen molar-refractivity contribution in [2.45, 2.75) is 6.54 Å². The minimum absolute atomic E-state index is 0. The molecule has 0 spiro atoms. The molecule has 0 saturated carbocycles. The molecule has 1 aromatic rings. The molecule has 0 radical (unpaired) electrons. The molecule has 0 amide bonds. The zero-order valence-electron chi connectivity index (χ0n) is 8.24. The van der Waals surface area contributed by atoms with Crippen molar-refractivity contribution < 1.29 is 4.74 Å². The number of rotatable bonds is 3. The minimum atomic E-state index is 0. The summed E-state index contributed by atoms with van der Waals surface area (Å²) in [5.41, 5.74) is 11.5. The van der Waals surface area contributed by atoms with Crippen LogP contribution in [0.15, 0.2) is 27.7 Å². The maximum absolute atomic E-state index is 5.23. The maximum Gasteiger partial charge on any atom is 0.186 e. The summed E-state index contributed by atoms with van der Waals surface area (Å²) in [6.07, 6.45) is 0. The number of ether oxygens (including phenoxy) is 1. The van der Waals surface area contributed by atoms with E-state index in [9.17, 15) is 0 Å². The Hall–Kier alpha value is -0.500. The van der Waals surface area contributed by atoms with Crippen LogP contribution in [0.1, 0.15) is 5.56 Å². The smallest absolute Gasteiger partial charge is 0.186 e. The van der Waals surface area contributed by atoms with E-state index in [-0.39, 0.29) is 29.9 Å². The van der Waals surface area contributed by atoms with Crippen molar-refractivity contribution >= 4 is 45.9 Å². The van der Waals surface area contributed by atoms with E-state index in [1.807, 2.05) is 18.2 Å². The number of nitrogens with two attached hydrogens (primary N) is 2. The molecule has 4 N–H and O–H groups in total. The highest BCUT2D eigenvalue weighted by atomic mass is 127. The Balaban J connectivity index is 0.00000196. The van der Waals surface area contributed by atoms with E-state index >= 15 is 0 Å². The van der Waals surface area contributed by atoms with Crippen LogP contribution in [0.3, 0.4) is 0 Å². The number of hydrogen-bond acceptors (Lipinski definition) is 2. The SMILES string of the molecule is COc1ccc(CN=C(N)N)cc1Br.I. The van der Waals surface area contributed by atoms with Gasteiger partial charge in [-0.25, -0.2) is 4.99 Å². The van der Waals surface area contributed by atoms with Crippen molar-refractivity contribution in [2.24, 2.45) is 16.5 Å². The molecule has 0 fully saturated rings. The molecule has 84 valence electrons. The van der Waals surface area contributed by atoms with Crippen molar-refractivity contribution in [2.75, 3.05) is 7.11 Å². The fourth-order valence-electron chi connectivity index (χ4n) is 0.991. The van der Waals surface area contributed by atoms with Gasteiger partial charge in [0.1, 0.15) is 5.75 Å². The van der Waals surface area contributed by atoms with E-state index < -0.39 is 0 Å². The second kappa shape index (κ2) is 6.89. The standard InChI is InChI=1S/C9H12BrN3O.HI/c1-14-8-3-2-6(4-7(8)10)5-13-9(11)12;/h2-4H,5H2,1H3,(H4,11,12,13);1H. The molecule has 0 aliphatic carbocycles. The van der Waals surface area contributed by atoms with Crippen LogP contribution in [-0.2, 0) is 6.54 Å². The number of methoxy groups -OCH3 is 1. The quantitative estimate of drug-likeness (QED) is 0.473. The van der Waals surface area contributed by atoms with E-state index in [1.165, 1.54) is 0 Å². The Morgan fingerprint density at radius 3 is 2.60 bits per heavy atom. The highest BCUT2D eigenvalue weighted by molar-refractivity contribution is 14.0. The van der Waals surface area contributed by atoms with Gasteiger partial charge in [0.2, 0.25) is 0 Å². The Labute approximate surface area is 114 Å². The van der Waals surface area contributed by atoms with Crippen molar-refractivity contribution in [1.29, 1.82) is 0 Å². The second-order valence-corrected chi connectivity index (χ2v) is 3.56. The molecule has 0 aliphatic rings. The zero-order chi connectivity index (χ0) is 10.6. The zero-order valence-corrected chi connectivity index (χ0v) is 12.2. The molecule has 4 nitrogen and oxygen atoms in total. The van der Waals surface area contributed by atoms with Crippen LogP contribution in [0.5, 0.6) is 5.75 Å². The fraction of sp³-hybridized carbons (Fsp3) is 0.222. The minimum Gasteiger partial charge on any atom is -0.496 e. The fourth-order valence-corrected chi connectivity index (χ4v) is 1.58. The van der Waals surface area contributed by atoms with Gasteiger partial charge in [-0.05, 0) is 33.6 Å². The molecular formula is C9H13BrIN3O. The summed E-state index contributed by atoms with van der Waals surface area (Å²) in [7, 11) is 1.62. The monoisotopic (exact) mass is 385 g/mol. The van der Waals surface area contributed by atoms with E-state index in [1.54, 1.807) is 7.11 Å². The van der Waals surface area contributed by atoms with Crippen LogP contribution in [0.2, 0.25) is 0 Å². The summed E-state index contributed by atoms with van der Waals surface area (Å²) >= 11 is 3.38. The van der Waals surface area contributed by atoms with E-state index in [2.05, 4.69) is 20.9 Å². The molecule has 0 saturated heterocycles. The van der Waals surface area contributed by atoms with E-state index in [0.29, 0.717) is 6.54 Å². The van der Waals surface area contributed by atoms with Crippen LogP contribution in [0, 0.1) is 0 Å². The number of aliphatic imine (C=N–C) groups is 1. The lowest BCUT2D eigenvalue weighted by molar-refractivity contribution is 0.412. The third-order valence-electron chi connectivity index (χ3n) is 1.66. The molecule has 1 rings (SSSR count). The first kappa shape index (κ1) is 14.5. The molecule has 0 aliphatic heterocycles. The van der Waals surface area contributed by atoms with Crippen molar-refractivity contribution in [3.63, 3.8) is 0 Å². The highest BCUT2D eigenvalue weighted by Crippen LogP contribution is 2.25. The highest BCUT2D eigenvalue weighted by Gasteiger charge is 2.00. The third-order valence-corrected chi connectivity index (χ3v) is 2.28. The Morgan fingerprint density at radius 2 is 2.13 bits per heavy atom. The Morgan fingerprint density at radius 1 is 1.47 bits per heavy atom. The Bertz CT molecular complexity index is 353. The molecule has 0 atom stereocenters. The van der Waals surface area contributed by atoms with Gasteiger partial charge in [-0.2, -0.15) is 0 Å². The van der Waals surface area contributed by atoms with Crippen LogP contribution < -0.4 is 16.2 Å². The van der Waals surface area contributed by atoms with E-state index in [0.717, 1.165) is 15.8 Å². The predicted molar refractivity (Wildman–Crippen MR) is 75.6 cm³/mol. The molecule has 6 heteroatoms. The van der Waals surface area contributed by atoms with Crippen molar-refractivity contribution in [3.05, 3.63) is 28.2 Å². The summed E-state index contributed by atoms with van der Waals surface area (Å²) in [5.74, 6) is 0.885. The topological polar surface area (TPSA) is 73.6 Å². The van der Waals surface area contributed by atoms with Gasteiger partial charge in [-0.3, -0.25) is 0 Å². The van der Waals surface area contributed by atoms with Crippen molar-refractivity contribution in [1.82, 2.24) is 0 Å². The van der Waals surface area contributed by atoms with Gasteiger partial charge in [-0.1, -0.05) is 6.07 Å². The van der Waals surface area contributed by atoms with Gasteiger partial charge in [0.15, 0.2) is 5.96 Å². The molecule has 0 aromatic heterocycles. The first-order valence-electron chi connectivity index (χ1n) is 4.01. The van der Waals surface area contributed by atoms with Crippen molar-refractivity contribution in [3.8, 4) is 5.75 Å². The second-order valence-electron chi connectivity index (χ2n) is 2.71. The average molecular weight is 386 g/mol. The van der Waals surface area contributed by atoms with Gasteiger partial charge in [0, 0.05) is 0 Å². The summed E-state index contributed by atoms with van der Waals surface area (Å²) in [4.78, 5) is 3.90. The number of halogens is 2. The first-order chi connectivity index (χ1) is 6.63. The van der Waals surface area contributed by atoms with Gasteiger partial charge >= 0.3 is 0 Å².